The summed E-state index contributed by atoms with van der Waals surface area (Å²) in [4.78, 5) is 25.7. The number of nitrogens with zero attached hydrogens (tertiary/aromatic N) is 1. The molecule has 0 radical (unpaired) electrons. The molecule has 2 unspecified atom stereocenters. The van der Waals surface area contributed by atoms with E-state index in [1.807, 2.05) is 65.6 Å². The number of urea groups is 1. The van der Waals surface area contributed by atoms with Gasteiger partial charge in [0, 0.05) is 37.3 Å². The molecule has 6 heteroatoms. The van der Waals surface area contributed by atoms with E-state index in [1.165, 1.54) is 0 Å². The fourth-order valence-corrected chi connectivity index (χ4v) is 3.74. The summed E-state index contributed by atoms with van der Waals surface area (Å²) < 4.78 is 0. The molecule has 3 rings (SSSR count). The maximum atomic E-state index is 12.9. The molecular formula is C23H29N3O3. The van der Waals surface area contributed by atoms with Gasteiger partial charge in [0.2, 0.25) is 0 Å². The number of carbonyl (C=O) groups is 2. The van der Waals surface area contributed by atoms with E-state index >= 15 is 0 Å². The van der Waals surface area contributed by atoms with E-state index in [4.69, 9.17) is 5.11 Å². The molecule has 29 heavy (non-hydrogen) atoms. The third-order valence-corrected chi connectivity index (χ3v) is 5.21. The Bertz CT molecular complexity index is 782. The molecule has 1 aliphatic heterocycles. The van der Waals surface area contributed by atoms with Gasteiger partial charge in [-0.05, 0) is 43.4 Å². The second kappa shape index (κ2) is 10.5. The standard InChI is InChI=1S/C23H29N3O3/c27-22(28)14-13-20(16-18-8-3-1-4-9-18)25-23(29)26-15-7-12-21(17-26)24-19-10-5-2-6-11-19/h1-6,8-11,20-21,24H,7,12-17H2,(H,25,29)(H,27,28). The van der Waals surface area contributed by atoms with Gasteiger partial charge in [0.05, 0.1) is 0 Å². The van der Waals surface area contributed by atoms with Crippen LogP contribution in [0.5, 0.6) is 0 Å². The third kappa shape index (κ3) is 6.82. The Balaban J connectivity index is 1.57. The molecule has 3 N–H and O–H groups in total. The van der Waals surface area contributed by atoms with Crippen LogP contribution in [-0.4, -0.2) is 47.2 Å². The van der Waals surface area contributed by atoms with E-state index in [0.29, 0.717) is 19.4 Å². The molecular weight excluding hydrogens is 366 g/mol. The van der Waals surface area contributed by atoms with Crippen molar-refractivity contribution < 1.29 is 14.7 Å². The zero-order valence-corrected chi connectivity index (χ0v) is 16.6. The number of nitrogens with one attached hydrogen (secondary N) is 2. The van der Waals surface area contributed by atoms with E-state index in [9.17, 15) is 9.59 Å². The van der Waals surface area contributed by atoms with Crippen LogP contribution in [0.25, 0.3) is 0 Å². The van der Waals surface area contributed by atoms with Gasteiger partial charge in [-0.3, -0.25) is 4.79 Å². The predicted octanol–water partition coefficient (Wildman–Crippen LogP) is 3.75. The quantitative estimate of drug-likeness (QED) is 0.636. The van der Waals surface area contributed by atoms with Gasteiger partial charge in [0.1, 0.15) is 0 Å². The second-order valence-corrected chi connectivity index (χ2v) is 7.56. The topological polar surface area (TPSA) is 81.7 Å². The molecule has 2 aromatic carbocycles. The first kappa shape index (κ1) is 20.7. The Hall–Kier alpha value is -3.02. The summed E-state index contributed by atoms with van der Waals surface area (Å²) in [6.07, 6.45) is 3.03. The number of para-hydroxylation sites is 1. The van der Waals surface area contributed by atoms with Crippen molar-refractivity contribution in [1.29, 1.82) is 0 Å². The highest BCUT2D eigenvalue weighted by molar-refractivity contribution is 5.75. The highest BCUT2D eigenvalue weighted by Crippen LogP contribution is 2.17. The monoisotopic (exact) mass is 395 g/mol. The number of hydrogen-bond donors (Lipinski definition) is 3. The van der Waals surface area contributed by atoms with Crippen LogP contribution in [0.3, 0.4) is 0 Å². The highest BCUT2D eigenvalue weighted by atomic mass is 16.4. The van der Waals surface area contributed by atoms with Gasteiger partial charge in [-0.25, -0.2) is 4.79 Å². The lowest BCUT2D eigenvalue weighted by atomic mass is 10.0. The second-order valence-electron chi connectivity index (χ2n) is 7.56. The Morgan fingerprint density at radius 1 is 1.07 bits per heavy atom. The van der Waals surface area contributed by atoms with Crippen molar-refractivity contribution in [3.8, 4) is 0 Å². The van der Waals surface area contributed by atoms with Crippen molar-refractivity contribution in [3.63, 3.8) is 0 Å². The van der Waals surface area contributed by atoms with E-state index in [1.54, 1.807) is 0 Å². The van der Waals surface area contributed by atoms with Gasteiger partial charge in [-0.1, -0.05) is 48.5 Å². The molecule has 154 valence electrons. The Morgan fingerprint density at radius 2 is 1.76 bits per heavy atom. The summed E-state index contributed by atoms with van der Waals surface area (Å²) in [7, 11) is 0. The van der Waals surface area contributed by atoms with Crippen LogP contribution in [0, 0.1) is 0 Å². The van der Waals surface area contributed by atoms with Crippen molar-refractivity contribution in [1.82, 2.24) is 10.2 Å². The number of carboxylic acid groups (broad SMARTS) is 1. The minimum absolute atomic E-state index is 0.0377. The van der Waals surface area contributed by atoms with Gasteiger partial charge in [0.25, 0.3) is 0 Å². The molecule has 0 spiro atoms. The zero-order valence-electron chi connectivity index (χ0n) is 16.6. The number of aliphatic carboxylic acids is 1. The molecule has 0 saturated carbocycles. The number of amides is 2. The Labute approximate surface area is 171 Å². The Morgan fingerprint density at radius 3 is 2.45 bits per heavy atom. The van der Waals surface area contributed by atoms with E-state index in [0.717, 1.165) is 30.6 Å². The number of rotatable bonds is 8. The molecule has 0 aliphatic carbocycles. The zero-order chi connectivity index (χ0) is 20.5. The molecule has 1 saturated heterocycles. The van der Waals surface area contributed by atoms with Gasteiger partial charge >= 0.3 is 12.0 Å². The maximum absolute atomic E-state index is 12.9. The maximum Gasteiger partial charge on any atom is 0.317 e. The molecule has 1 fully saturated rings. The van der Waals surface area contributed by atoms with Crippen molar-refractivity contribution in [2.24, 2.45) is 0 Å². The molecule has 1 aliphatic rings. The molecule has 2 amide bonds. The van der Waals surface area contributed by atoms with Crippen LogP contribution in [0.15, 0.2) is 60.7 Å². The number of carboxylic acids is 1. The largest absolute Gasteiger partial charge is 0.481 e. The first-order chi connectivity index (χ1) is 14.1. The molecule has 2 aromatic rings. The predicted molar refractivity (Wildman–Crippen MR) is 114 cm³/mol. The molecule has 1 heterocycles. The van der Waals surface area contributed by atoms with E-state index < -0.39 is 5.97 Å². The third-order valence-electron chi connectivity index (χ3n) is 5.21. The SMILES string of the molecule is O=C(O)CCC(Cc1ccccc1)NC(=O)N1CCCC(Nc2ccccc2)C1. The average molecular weight is 396 g/mol. The number of hydrogen-bond acceptors (Lipinski definition) is 3. The summed E-state index contributed by atoms with van der Waals surface area (Å²) in [5.41, 5.74) is 2.15. The summed E-state index contributed by atoms with van der Waals surface area (Å²) in [6.45, 7) is 1.35. The van der Waals surface area contributed by atoms with Gasteiger partial charge < -0.3 is 20.6 Å². The number of carbonyl (C=O) groups excluding carboxylic acids is 1. The Kier molecular flexibility index (Phi) is 7.50. The van der Waals surface area contributed by atoms with Crippen LogP contribution in [0.2, 0.25) is 0 Å². The van der Waals surface area contributed by atoms with Crippen LogP contribution < -0.4 is 10.6 Å². The average Bonchev–Trinajstić information content (AvgIpc) is 2.73. The number of anilines is 1. The van der Waals surface area contributed by atoms with Crippen molar-refractivity contribution in [3.05, 3.63) is 66.2 Å². The van der Waals surface area contributed by atoms with E-state index in [2.05, 4.69) is 10.6 Å². The number of benzene rings is 2. The molecule has 0 aromatic heterocycles. The van der Waals surface area contributed by atoms with Crippen molar-refractivity contribution in [2.75, 3.05) is 18.4 Å². The fourth-order valence-electron chi connectivity index (χ4n) is 3.74. The summed E-state index contributed by atoms with van der Waals surface area (Å²) in [6, 6.07) is 19.8. The summed E-state index contributed by atoms with van der Waals surface area (Å²) in [5.74, 6) is -0.845. The smallest absolute Gasteiger partial charge is 0.317 e. The van der Waals surface area contributed by atoms with Crippen molar-refractivity contribution >= 4 is 17.7 Å². The minimum Gasteiger partial charge on any atom is -0.481 e. The lowest BCUT2D eigenvalue weighted by Crippen LogP contribution is -2.51. The van der Waals surface area contributed by atoms with Crippen molar-refractivity contribution in [2.45, 2.75) is 44.2 Å². The normalized spacial score (nSPS) is 17.4. The highest BCUT2D eigenvalue weighted by Gasteiger charge is 2.25. The first-order valence-corrected chi connectivity index (χ1v) is 10.2. The number of likely N-dealkylation sites (tertiary alicyclic amines) is 1. The van der Waals surface area contributed by atoms with E-state index in [-0.39, 0.29) is 24.5 Å². The number of piperidine rings is 1. The lowest BCUT2D eigenvalue weighted by molar-refractivity contribution is -0.137. The van der Waals surface area contributed by atoms with Gasteiger partial charge in [-0.15, -0.1) is 0 Å². The molecule has 0 bridgehead atoms. The molecule has 6 nitrogen and oxygen atoms in total. The first-order valence-electron chi connectivity index (χ1n) is 10.2. The molecule has 2 atom stereocenters. The summed E-state index contributed by atoms with van der Waals surface area (Å²) in [5, 5.41) is 15.6. The van der Waals surface area contributed by atoms with Crippen LogP contribution in [0.1, 0.15) is 31.2 Å². The van der Waals surface area contributed by atoms with Gasteiger partial charge in [-0.2, -0.15) is 0 Å². The lowest BCUT2D eigenvalue weighted by Gasteiger charge is -2.34. The van der Waals surface area contributed by atoms with Crippen LogP contribution >= 0.6 is 0 Å². The summed E-state index contributed by atoms with van der Waals surface area (Å²) >= 11 is 0. The van der Waals surface area contributed by atoms with Gasteiger partial charge in [0.15, 0.2) is 0 Å². The van der Waals surface area contributed by atoms with Crippen LogP contribution in [-0.2, 0) is 11.2 Å². The van der Waals surface area contributed by atoms with Crippen LogP contribution in [0.4, 0.5) is 10.5 Å². The fraction of sp³-hybridized carbons (Fsp3) is 0.391. The minimum atomic E-state index is -0.845.